The zero-order chi connectivity index (χ0) is 7.82. The van der Waals surface area contributed by atoms with E-state index >= 15 is 0 Å². The van der Waals surface area contributed by atoms with Gasteiger partial charge < -0.3 is 4.74 Å². The maximum Gasteiger partial charge on any atom is 0.0622 e. The Morgan fingerprint density at radius 3 is 2.30 bits per heavy atom. The van der Waals surface area contributed by atoms with Crippen LogP contribution in [0, 0.1) is 0 Å². The smallest absolute Gasteiger partial charge is 0.0622 e. The van der Waals surface area contributed by atoms with Crippen molar-refractivity contribution in [2.45, 2.75) is 6.92 Å². The van der Waals surface area contributed by atoms with Gasteiger partial charge in [-0.25, -0.2) is 10.9 Å². The van der Waals surface area contributed by atoms with Crippen LogP contribution in [0.3, 0.4) is 0 Å². The van der Waals surface area contributed by atoms with Crippen LogP contribution in [0.25, 0.3) is 0 Å². The Bertz CT molecular complexity index is 66.0. The van der Waals surface area contributed by atoms with Crippen molar-refractivity contribution < 1.29 is 4.74 Å². The molecule has 0 bridgehead atoms. The first-order valence-corrected chi connectivity index (χ1v) is 3.55. The lowest BCUT2D eigenvalue weighted by molar-refractivity contribution is 0.0702. The van der Waals surface area contributed by atoms with Crippen LogP contribution < -0.4 is 10.9 Å². The van der Waals surface area contributed by atoms with Crippen molar-refractivity contribution in [1.29, 1.82) is 0 Å². The van der Waals surface area contributed by atoms with Gasteiger partial charge in [0.05, 0.1) is 13.2 Å². The predicted octanol–water partition coefficient (Wildman–Crippen LogP) is -0.406. The molecule has 0 aliphatic heterocycles. The monoisotopic (exact) mass is 147 g/mol. The second-order valence-corrected chi connectivity index (χ2v) is 1.80. The van der Waals surface area contributed by atoms with E-state index in [1.165, 1.54) is 0 Å². The number of nitrogens with zero attached hydrogens (tertiary/aromatic N) is 1. The molecule has 0 fully saturated rings. The Hall–Kier alpha value is -0.160. The average molecular weight is 147 g/mol. The summed E-state index contributed by atoms with van der Waals surface area (Å²) in [6.07, 6.45) is 0. The largest absolute Gasteiger partial charge is 0.380 e. The molecule has 2 N–H and O–H groups in total. The van der Waals surface area contributed by atoms with Crippen LogP contribution in [0.2, 0.25) is 0 Å². The van der Waals surface area contributed by atoms with Crippen LogP contribution in [0.1, 0.15) is 6.92 Å². The zero-order valence-corrected chi connectivity index (χ0v) is 6.98. The molecular weight excluding hydrogens is 130 g/mol. The highest BCUT2D eigenvalue weighted by Gasteiger charge is 1.94. The van der Waals surface area contributed by atoms with Gasteiger partial charge in [0, 0.05) is 20.7 Å². The van der Waals surface area contributed by atoms with E-state index in [9.17, 15) is 0 Å². The molecule has 0 aromatic heterocycles. The van der Waals surface area contributed by atoms with E-state index in [4.69, 9.17) is 4.74 Å². The van der Waals surface area contributed by atoms with E-state index in [1.807, 2.05) is 26.1 Å². The molecule has 62 valence electrons. The third-order valence-electron chi connectivity index (χ3n) is 1.20. The number of ether oxygens (including phenoxy) is 1. The lowest BCUT2D eigenvalue weighted by Crippen LogP contribution is -2.45. The van der Waals surface area contributed by atoms with Crippen molar-refractivity contribution in [3.05, 3.63) is 0 Å². The number of hydrogen-bond acceptors (Lipinski definition) is 4. The molecule has 0 amide bonds. The first-order chi connectivity index (χ1) is 4.85. The van der Waals surface area contributed by atoms with Gasteiger partial charge in [-0.2, -0.15) is 5.12 Å². The standard InChI is InChI=1S/C6H17N3O/c1-4-10-6-5-9(7-2)8-3/h7-8H,4-6H2,1-3H3. The van der Waals surface area contributed by atoms with E-state index in [1.54, 1.807) is 0 Å². The van der Waals surface area contributed by atoms with Crippen LogP contribution in [0.4, 0.5) is 0 Å². The number of hydrogen-bond donors (Lipinski definition) is 2. The van der Waals surface area contributed by atoms with Gasteiger partial charge in [0.1, 0.15) is 0 Å². The topological polar surface area (TPSA) is 36.5 Å². The third kappa shape index (κ3) is 4.69. The Labute approximate surface area is 62.5 Å². The van der Waals surface area contributed by atoms with Gasteiger partial charge in [0.2, 0.25) is 0 Å². The second-order valence-electron chi connectivity index (χ2n) is 1.80. The highest BCUT2D eigenvalue weighted by molar-refractivity contribution is 4.38. The normalized spacial score (nSPS) is 10.8. The quantitative estimate of drug-likeness (QED) is 0.396. The fourth-order valence-corrected chi connectivity index (χ4v) is 0.636. The van der Waals surface area contributed by atoms with E-state index < -0.39 is 0 Å². The summed E-state index contributed by atoms with van der Waals surface area (Å²) in [4.78, 5) is 0. The number of rotatable bonds is 6. The van der Waals surface area contributed by atoms with Crippen molar-refractivity contribution in [2.24, 2.45) is 0 Å². The van der Waals surface area contributed by atoms with Crippen LogP contribution in [0.5, 0.6) is 0 Å². The van der Waals surface area contributed by atoms with Gasteiger partial charge in [-0.15, -0.1) is 0 Å². The van der Waals surface area contributed by atoms with Crippen LogP contribution in [-0.2, 0) is 4.74 Å². The second kappa shape index (κ2) is 6.95. The zero-order valence-electron chi connectivity index (χ0n) is 6.98. The van der Waals surface area contributed by atoms with Crippen LogP contribution in [-0.4, -0.2) is 39.0 Å². The van der Waals surface area contributed by atoms with Gasteiger partial charge in [0.25, 0.3) is 0 Å². The van der Waals surface area contributed by atoms with Gasteiger partial charge >= 0.3 is 0 Å². The number of nitrogens with one attached hydrogen (secondary N) is 2. The fourth-order valence-electron chi connectivity index (χ4n) is 0.636. The average Bonchev–Trinajstić information content (AvgIpc) is 1.99. The maximum atomic E-state index is 5.15. The molecule has 0 aliphatic rings. The first-order valence-electron chi connectivity index (χ1n) is 3.55. The van der Waals surface area contributed by atoms with E-state index in [-0.39, 0.29) is 0 Å². The van der Waals surface area contributed by atoms with Crippen molar-refractivity contribution in [2.75, 3.05) is 33.9 Å². The summed E-state index contributed by atoms with van der Waals surface area (Å²) in [7, 11) is 3.73. The molecular formula is C6H17N3O. The van der Waals surface area contributed by atoms with Gasteiger partial charge in [-0.1, -0.05) is 0 Å². The summed E-state index contributed by atoms with van der Waals surface area (Å²) in [5.41, 5.74) is 5.91. The summed E-state index contributed by atoms with van der Waals surface area (Å²) in [5.74, 6) is 0. The molecule has 0 aromatic carbocycles. The van der Waals surface area contributed by atoms with E-state index in [0.29, 0.717) is 0 Å². The molecule has 0 saturated carbocycles. The summed E-state index contributed by atoms with van der Waals surface area (Å²) >= 11 is 0. The SMILES string of the molecule is CCOCCN(NC)NC. The van der Waals surface area contributed by atoms with Gasteiger partial charge in [-0.05, 0) is 6.92 Å². The summed E-state index contributed by atoms with van der Waals surface area (Å²) in [6, 6.07) is 0. The predicted molar refractivity (Wildman–Crippen MR) is 41.3 cm³/mol. The van der Waals surface area contributed by atoms with E-state index in [2.05, 4.69) is 10.9 Å². The minimum atomic E-state index is 0.748. The van der Waals surface area contributed by atoms with Crippen LogP contribution in [0.15, 0.2) is 0 Å². The highest BCUT2D eigenvalue weighted by atomic mass is 16.5. The number of hydrazine groups is 2. The maximum absolute atomic E-state index is 5.15. The molecule has 0 atom stereocenters. The Balaban J connectivity index is 3.09. The summed E-state index contributed by atoms with van der Waals surface area (Å²) in [5, 5.41) is 1.86. The Morgan fingerprint density at radius 1 is 1.30 bits per heavy atom. The Morgan fingerprint density at radius 2 is 1.90 bits per heavy atom. The minimum absolute atomic E-state index is 0.748. The van der Waals surface area contributed by atoms with Crippen molar-refractivity contribution >= 4 is 0 Å². The van der Waals surface area contributed by atoms with Crippen molar-refractivity contribution in [1.82, 2.24) is 16.0 Å². The molecule has 0 aliphatic carbocycles. The lowest BCUT2D eigenvalue weighted by Gasteiger charge is -2.18. The molecule has 0 heterocycles. The Kier molecular flexibility index (Phi) is 6.84. The molecule has 0 rings (SSSR count). The van der Waals surface area contributed by atoms with Crippen molar-refractivity contribution in [3.8, 4) is 0 Å². The van der Waals surface area contributed by atoms with Gasteiger partial charge in [-0.3, -0.25) is 0 Å². The lowest BCUT2D eigenvalue weighted by atomic mass is 10.7. The van der Waals surface area contributed by atoms with E-state index in [0.717, 1.165) is 19.8 Å². The first kappa shape index (κ1) is 9.84. The highest BCUT2D eigenvalue weighted by Crippen LogP contribution is 1.75. The minimum Gasteiger partial charge on any atom is -0.380 e. The molecule has 0 saturated heterocycles. The summed E-state index contributed by atoms with van der Waals surface area (Å²) < 4.78 is 5.15. The fraction of sp³-hybridized carbons (Fsp3) is 1.00. The molecule has 4 nitrogen and oxygen atoms in total. The molecule has 10 heavy (non-hydrogen) atoms. The van der Waals surface area contributed by atoms with Crippen LogP contribution >= 0.6 is 0 Å². The third-order valence-corrected chi connectivity index (χ3v) is 1.20. The molecule has 0 unspecified atom stereocenters. The molecule has 0 radical (unpaired) electrons. The molecule has 0 spiro atoms. The summed E-state index contributed by atoms with van der Waals surface area (Å²) in [6.45, 7) is 4.36. The molecule has 0 aromatic rings. The molecule has 4 heteroatoms. The van der Waals surface area contributed by atoms with Gasteiger partial charge in [0.15, 0.2) is 0 Å². The van der Waals surface area contributed by atoms with Crippen molar-refractivity contribution in [3.63, 3.8) is 0 Å².